The molecule has 0 N–H and O–H groups in total. The lowest BCUT2D eigenvalue weighted by Crippen LogP contribution is -2.54. The maximum atomic E-state index is 14.8. The molecule has 0 fully saturated rings. The average molecular weight is 639 g/mol. The van der Waals surface area contributed by atoms with Crippen LogP contribution in [0.3, 0.4) is 0 Å². The Kier molecular flexibility index (Phi) is 9.40. The summed E-state index contributed by atoms with van der Waals surface area (Å²) in [5.74, 6) is 0.331. The van der Waals surface area contributed by atoms with Crippen LogP contribution in [0.15, 0.2) is 107 Å². The Morgan fingerprint density at radius 1 is 0.558 bits per heavy atom. The van der Waals surface area contributed by atoms with Crippen molar-refractivity contribution in [1.82, 2.24) is 0 Å². The molecule has 0 bridgehead atoms. The zero-order valence-electron chi connectivity index (χ0n) is 21.8. The van der Waals surface area contributed by atoms with Crippen LogP contribution in [-0.4, -0.2) is 22.2 Å². The van der Waals surface area contributed by atoms with Crippen LogP contribution in [0.4, 0.5) is 37.7 Å². The monoisotopic (exact) mass is 638 g/mol. The molecule has 0 amide bonds. The summed E-state index contributed by atoms with van der Waals surface area (Å²) in [6.07, 6.45) is -12.2. The van der Waals surface area contributed by atoms with Crippen molar-refractivity contribution in [2.75, 3.05) is 0 Å². The number of benzene rings is 4. The van der Waals surface area contributed by atoms with Crippen molar-refractivity contribution in [3.8, 4) is 0 Å². The fourth-order valence-electron chi connectivity index (χ4n) is 4.48. The summed E-state index contributed by atoms with van der Waals surface area (Å²) in [5.41, 5.74) is -8.24. The molecule has 4 aromatic rings. The number of rotatable bonds is 10. The van der Waals surface area contributed by atoms with Crippen LogP contribution in [0.1, 0.15) is 22.3 Å². The minimum atomic E-state index is -6.09. The van der Waals surface area contributed by atoms with Crippen molar-refractivity contribution in [3.05, 3.63) is 140 Å². The molecule has 0 aliphatic heterocycles. The third kappa shape index (κ3) is 6.64. The molecule has 0 spiro atoms. The first-order valence-electron chi connectivity index (χ1n) is 12.3. The first-order chi connectivity index (χ1) is 20.3. The first-order valence-corrected chi connectivity index (χ1v) is 14.3. The smallest absolute Gasteiger partial charge is 0.258 e. The number of alkyl halides is 6. The summed E-state index contributed by atoms with van der Waals surface area (Å²) >= 11 is 1.75. The Labute approximate surface area is 249 Å². The van der Waals surface area contributed by atoms with Gasteiger partial charge in [-0.25, -0.2) is 0 Å². The average Bonchev–Trinajstić information content (AvgIpc) is 2.95. The zero-order chi connectivity index (χ0) is 31.4. The fourth-order valence-corrected chi connectivity index (χ4v) is 6.40. The van der Waals surface area contributed by atoms with Gasteiger partial charge >= 0.3 is 12.4 Å². The number of nitro benzene ring substituents is 2. The third-order valence-electron chi connectivity index (χ3n) is 6.50. The van der Waals surface area contributed by atoms with Gasteiger partial charge in [-0.05, 0) is 34.4 Å². The van der Waals surface area contributed by atoms with Gasteiger partial charge in [0.25, 0.3) is 11.4 Å². The van der Waals surface area contributed by atoms with Gasteiger partial charge in [0.2, 0.25) is 5.41 Å². The van der Waals surface area contributed by atoms with E-state index in [4.69, 9.17) is 0 Å². The quantitative estimate of drug-likeness (QED) is 0.0744. The Hall–Kier alpha value is -4.04. The van der Waals surface area contributed by atoms with Gasteiger partial charge in [-0.15, -0.1) is 23.5 Å². The summed E-state index contributed by atoms with van der Waals surface area (Å²) in [6, 6.07) is 20.4. The Balaban J connectivity index is 1.85. The van der Waals surface area contributed by atoms with Crippen molar-refractivity contribution in [2.24, 2.45) is 0 Å². The minimum Gasteiger partial charge on any atom is -0.258 e. The molecule has 4 aromatic carbocycles. The summed E-state index contributed by atoms with van der Waals surface area (Å²) in [4.78, 5) is 21.3. The van der Waals surface area contributed by atoms with Crippen LogP contribution < -0.4 is 0 Å². The van der Waals surface area contributed by atoms with E-state index in [-0.39, 0.29) is 33.4 Å². The van der Waals surface area contributed by atoms with Crippen molar-refractivity contribution in [3.63, 3.8) is 0 Å². The highest BCUT2D eigenvalue weighted by atomic mass is 32.2. The van der Waals surface area contributed by atoms with E-state index in [1.807, 2.05) is 0 Å². The molecule has 43 heavy (non-hydrogen) atoms. The molecule has 6 nitrogen and oxygen atoms in total. The molecular weight excluding hydrogens is 618 g/mol. The lowest BCUT2D eigenvalue weighted by Gasteiger charge is -2.38. The van der Waals surface area contributed by atoms with E-state index in [9.17, 15) is 46.6 Å². The molecule has 0 radical (unpaired) electrons. The maximum Gasteiger partial charge on any atom is 0.411 e. The van der Waals surface area contributed by atoms with Crippen LogP contribution >= 0.6 is 23.5 Å². The lowest BCUT2D eigenvalue weighted by molar-refractivity contribution is -0.388. The van der Waals surface area contributed by atoms with Crippen LogP contribution in [-0.2, 0) is 16.9 Å². The second-order valence-electron chi connectivity index (χ2n) is 9.17. The van der Waals surface area contributed by atoms with Gasteiger partial charge in [0, 0.05) is 23.6 Å². The number of nitrogens with zero attached hydrogens (tertiary/aromatic N) is 2. The number of halogens is 6. The largest absolute Gasteiger partial charge is 0.411 e. The van der Waals surface area contributed by atoms with Crippen molar-refractivity contribution in [2.45, 2.75) is 39.1 Å². The highest BCUT2D eigenvalue weighted by molar-refractivity contribution is 7.99. The number of nitro groups is 2. The predicted molar refractivity (Wildman–Crippen MR) is 151 cm³/mol. The molecule has 0 saturated heterocycles. The van der Waals surface area contributed by atoms with Crippen LogP contribution in [0, 0.1) is 20.2 Å². The third-order valence-corrected chi connectivity index (χ3v) is 8.77. The molecule has 0 heterocycles. The van der Waals surface area contributed by atoms with E-state index in [1.165, 1.54) is 0 Å². The Bertz CT molecular complexity index is 1500. The lowest BCUT2D eigenvalue weighted by atomic mass is 9.72. The molecule has 0 aliphatic carbocycles. The SMILES string of the molecule is O=[N+]([O-])c1cc(C(c2ccc(SCc3ccccc3)c([N+](=O)[O-])c2)(C(F)(F)F)C(F)(F)F)ccc1SCc1ccccc1. The van der Waals surface area contributed by atoms with Crippen LogP contribution in [0.5, 0.6) is 0 Å². The van der Waals surface area contributed by atoms with Crippen molar-refractivity contribution in [1.29, 1.82) is 0 Å². The number of hydrogen-bond acceptors (Lipinski definition) is 6. The van der Waals surface area contributed by atoms with Gasteiger partial charge in [0.15, 0.2) is 0 Å². The molecule has 4 rings (SSSR count). The number of thioether (sulfide) groups is 2. The highest BCUT2D eigenvalue weighted by Crippen LogP contribution is 2.57. The van der Waals surface area contributed by atoms with E-state index >= 15 is 0 Å². The maximum absolute atomic E-state index is 14.8. The van der Waals surface area contributed by atoms with E-state index in [1.54, 1.807) is 60.7 Å². The van der Waals surface area contributed by atoms with E-state index in [2.05, 4.69) is 0 Å². The minimum absolute atomic E-state index is 0.144. The number of hydrogen-bond donors (Lipinski definition) is 0. The molecule has 0 atom stereocenters. The van der Waals surface area contributed by atoms with Gasteiger partial charge in [0.1, 0.15) is 0 Å². The second-order valence-corrected chi connectivity index (χ2v) is 11.2. The normalized spacial score (nSPS) is 12.2. The van der Waals surface area contributed by atoms with Gasteiger partial charge in [-0.2, -0.15) is 26.3 Å². The first kappa shape index (κ1) is 31.9. The molecule has 224 valence electrons. The fraction of sp³-hybridized carbons (Fsp3) is 0.172. The topological polar surface area (TPSA) is 86.3 Å². The van der Waals surface area contributed by atoms with Crippen molar-refractivity contribution < 1.29 is 36.2 Å². The second kappa shape index (κ2) is 12.7. The van der Waals surface area contributed by atoms with Gasteiger partial charge < -0.3 is 0 Å². The highest BCUT2D eigenvalue weighted by Gasteiger charge is 2.73. The molecule has 14 heteroatoms. The van der Waals surface area contributed by atoms with Crippen molar-refractivity contribution >= 4 is 34.9 Å². The van der Waals surface area contributed by atoms with Crippen LogP contribution in [0.2, 0.25) is 0 Å². The van der Waals surface area contributed by atoms with E-state index in [0.717, 1.165) is 46.8 Å². The van der Waals surface area contributed by atoms with Gasteiger partial charge in [-0.1, -0.05) is 72.8 Å². The zero-order valence-corrected chi connectivity index (χ0v) is 23.4. The standard InChI is InChI=1S/C29H20F6N2O4S2/c30-28(31,32)27(29(33,34)35,21-11-13-25(23(15-21)36(38)39)42-17-19-7-3-1-4-8-19)22-12-14-26(24(16-22)37(40)41)43-18-20-9-5-2-6-10-20/h1-16H,17-18H2. The summed E-state index contributed by atoms with van der Waals surface area (Å²) in [7, 11) is 0. The Morgan fingerprint density at radius 2 is 0.907 bits per heavy atom. The predicted octanol–water partition coefficient (Wildman–Crippen LogP) is 9.50. The van der Waals surface area contributed by atoms with Crippen LogP contribution in [0.25, 0.3) is 0 Å². The van der Waals surface area contributed by atoms with Gasteiger partial charge in [0.05, 0.1) is 19.6 Å². The molecule has 0 saturated carbocycles. The molecule has 0 unspecified atom stereocenters. The molecular formula is C29H20F6N2O4S2. The summed E-state index contributed by atoms with van der Waals surface area (Å²) < 4.78 is 88.7. The van der Waals surface area contributed by atoms with E-state index < -0.39 is 50.1 Å². The van der Waals surface area contributed by atoms with Gasteiger partial charge in [-0.3, -0.25) is 20.2 Å². The summed E-state index contributed by atoms with van der Waals surface area (Å²) in [6.45, 7) is 0. The molecule has 0 aliphatic rings. The van der Waals surface area contributed by atoms with E-state index in [0.29, 0.717) is 12.1 Å². The summed E-state index contributed by atoms with van der Waals surface area (Å²) in [5, 5.41) is 23.7. The Morgan fingerprint density at radius 3 is 1.21 bits per heavy atom. The molecule has 0 aromatic heterocycles.